The number of carbonyl (C=O) groups is 1. The topological polar surface area (TPSA) is 67.2 Å². The van der Waals surface area contributed by atoms with Gasteiger partial charge in [0.25, 0.3) is 11.5 Å². The predicted molar refractivity (Wildman–Crippen MR) is 115 cm³/mol. The molecule has 3 heterocycles. The Labute approximate surface area is 181 Å². The summed E-state index contributed by atoms with van der Waals surface area (Å²) in [7, 11) is 0. The van der Waals surface area contributed by atoms with Gasteiger partial charge in [-0.1, -0.05) is 31.4 Å². The van der Waals surface area contributed by atoms with Crippen molar-refractivity contribution < 1.29 is 9.18 Å². The van der Waals surface area contributed by atoms with Crippen LogP contribution < -0.4 is 10.9 Å². The molecule has 1 aliphatic carbocycles. The molecule has 1 N–H and O–H groups in total. The summed E-state index contributed by atoms with van der Waals surface area (Å²) in [6.45, 7) is 4.94. The fraction of sp³-hybridized carbons (Fsp3) is 0.542. The third-order valence-electron chi connectivity index (χ3n) is 7.26. The van der Waals surface area contributed by atoms with Crippen molar-refractivity contribution in [2.45, 2.75) is 64.1 Å². The second-order valence-electron chi connectivity index (χ2n) is 9.36. The molecule has 1 aromatic carbocycles. The smallest absolute Gasteiger partial charge is 0.285 e. The monoisotopic (exact) mass is 424 g/mol. The molecule has 5 rings (SSSR count). The van der Waals surface area contributed by atoms with E-state index in [1.807, 2.05) is 17.6 Å². The Balaban J connectivity index is 1.30. The molecule has 1 amide bonds. The molecular formula is C24H29FN4O2. The van der Waals surface area contributed by atoms with E-state index in [9.17, 15) is 14.0 Å². The van der Waals surface area contributed by atoms with Crippen LogP contribution in [0.1, 0.15) is 65.3 Å². The van der Waals surface area contributed by atoms with Crippen molar-refractivity contribution in [3.8, 4) is 0 Å². The zero-order chi connectivity index (χ0) is 21.5. The Kier molecular flexibility index (Phi) is 5.38. The van der Waals surface area contributed by atoms with E-state index in [-0.39, 0.29) is 29.2 Å². The average molecular weight is 425 g/mol. The summed E-state index contributed by atoms with van der Waals surface area (Å²) < 4.78 is 15.9. The molecule has 1 saturated heterocycles. The number of benzene rings is 1. The Hall–Kier alpha value is -2.54. The van der Waals surface area contributed by atoms with E-state index < -0.39 is 5.56 Å². The van der Waals surface area contributed by atoms with Gasteiger partial charge in [0.05, 0.1) is 0 Å². The van der Waals surface area contributed by atoms with Crippen molar-refractivity contribution in [3.05, 3.63) is 63.1 Å². The Morgan fingerprint density at radius 3 is 2.81 bits per heavy atom. The van der Waals surface area contributed by atoms with E-state index in [4.69, 9.17) is 0 Å². The van der Waals surface area contributed by atoms with Gasteiger partial charge >= 0.3 is 0 Å². The molecule has 0 radical (unpaired) electrons. The maximum atomic E-state index is 13.9. The van der Waals surface area contributed by atoms with Crippen LogP contribution in [-0.4, -0.2) is 39.5 Å². The molecule has 2 unspecified atom stereocenters. The molecule has 0 spiro atoms. The van der Waals surface area contributed by atoms with Crippen LogP contribution in [0, 0.1) is 18.7 Å². The van der Waals surface area contributed by atoms with Gasteiger partial charge in [0.15, 0.2) is 0 Å². The highest BCUT2D eigenvalue weighted by Crippen LogP contribution is 2.38. The van der Waals surface area contributed by atoms with E-state index in [1.54, 1.807) is 12.3 Å². The number of likely N-dealkylation sites (tertiary alicyclic amines) is 1. The Morgan fingerprint density at radius 1 is 1.19 bits per heavy atom. The van der Waals surface area contributed by atoms with Crippen LogP contribution in [-0.2, 0) is 13.1 Å². The normalized spacial score (nSPS) is 23.5. The summed E-state index contributed by atoms with van der Waals surface area (Å²) in [6.07, 6.45) is 7.14. The maximum Gasteiger partial charge on any atom is 0.285 e. The lowest BCUT2D eigenvalue weighted by Gasteiger charge is -2.22. The second-order valence-corrected chi connectivity index (χ2v) is 9.36. The summed E-state index contributed by atoms with van der Waals surface area (Å²) in [5.74, 6) is 0.853. The standard InChI is InChI=1S/C24H29FN4O2/c1-15-16(6-5-9-21(15)25)10-28-11-17-12-29-14-20(24(31)27-22(29)19(17)13-28)23(30)26-18-7-3-2-4-8-18/h5-6,9,14,17-19H,2-4,7-8,10-13H2,1H3,(H,26,30). The molecule has 1 aromatic heterocycles. The maximum absolute atomic E-state index is 13.9. The van der Waals surface area contributed by atoms with Gasteiger partial charge in [-0.2, -0.15) is 4.98 Å². The van der Waals surface area contributed by atoms with Crippen molar-refractivity contribution in [1.29, 1.82) is 0 Å². The van der Waals surface area contributed by atoms with Crippen LogP contribution in [0.5, 0.6) is 0 Å². The number of hydrogen-bond donors (Lipinski definition) is 1. The van der Waals surface area contributed by atoms with Crippen molar-refractivity contribution in [2.75, 3.05) is 13.1 Å². The molecule has 2 aliphatic heterocycles. The zero-order valence-corrected chi connectivity index (χ0v) is 17.9. The van der Waals surface area contributed by atoms with Crippen LogP contribution in [0.3, 0.4) is 0 Å². The fourth-order valence-corrected chi connectivity index (χ4v) is 5.50. The molecule has 31 heavy (non-hydrogen) atoms. The SMILES string of the molecule is Cc1c(F)cccc1CN1CC2Cn3cc(C(=O)NC4CCCCC4)c(=O)nc3C2C1. The molecular weight excluding hydrogens is 395 g/mol. The minimum Gasteiger partial charge on any atom is -0.349 e. The van der Waals surface area contributed by atoms with Crippen LogP contribution in [0.25, 0.3) is 0 Å². The number of amides is 1. The van der Waals surface area contributed by atoms with Crippen LogP contribution in [0.2, 0.25) is 0 Å². The molecule has 3 aliphatic rings. The minimum atomic E-state index is -0.431. The van der Waals surface area contributed by atoms with Gasteiger partial charge in [0.2, 0.25) is 0 Å². The highest BCUT2D eigenvalue weighted by molar-refractivity contribution is 5.93. The Bertz CT molecular complexity index is 1060. The van der Waals surface area contributed by atoms with Gasteiger partial charge in [0.1, 0.15) is 17.2 Å². The summed E-state index contributed by atoms with van der Waals surface area (Å²) in [4.78, 5) is 32.0. The van der Waals surface area contributed by atoms with Gasteiger partial charge in [0, 0.05) is 50.3 Å². The molecule has 6 nitrogen and oxygen atoms in total. The van der Waals surface area contributed by atoms with Crippen molar-refractivity contribution in [1.82, 2.24) is 19.8 Å². The van der Waals surface area contributed by atoms with Crippen molar-refractivity contribution in [2.24, 2.45) is 5.92 Å². The van der Waals surface area contributed by atoms with Crippen LogP contribution in [0.15, 0.2) is 29.2 Å². The first-order valence-corrected chi connectivity index (χ1v) is 11.4. The van der Waals surface area contributed by atoms with E-state index in [2.05, 4.69) is 15.2 Å². The molecule has 2 fully saturated rings. The summed E-state index contributed by atoms with van der Waals surface area (Å²) in [5.41, 5.74) is 1.42. The third-order valence-corrected chi connectivity index (χ3v) is 7.26. The van der Waals surface area contributed by atoms with Gasteiger partial charge in [-0.3, -0.25) is 14.5 Å². The summed E-state index contributed by atoms with van der Waals surface area (Å²) in [6, 6.07) is 5.38. The predicted octanol–water partition coefficient (Wildman–Crippen LogP) is 2.98. The third kappa shape index (κ3) is 3.91. The second kappa shape index (κ2) is 8.19. The lowest BCUT2D eigenvalue weighted by atomic mass is 9.95. The van der Waals surface area contributed by atoms with Gasteiger partial charge in [-0.15, -0.1) is 0 Å². The number of nitrogens with one attached hydrogen (secondary N) is 1. The summed E-state index contributed by atoms with van der Waals surface area (Å²) >= 11 is 0. The number of aromatic nitrogens is 2. The van der Waals surface area contributed by atoms with Crippen molar-refractivity contribution in [3.63, 3.8) is 0 Å². The number of fused-ring (bicyclic) bond motifs is 3. The van der Waals surface area contributed by atoms with Gasteiger partial charge < -0.3 is 9.88 Å². The largest absolute Gasteiger partial charge is 0.349 e. The first-order chi connectivity index (χ1) is 15.0. The molecule has 1 saturated carbocycles. The van der Waals surface area contributed by atoms with Gasteiger partial charge in [-0.05, 0) is 37.0 Å². The van der Waals surface area contributed by atoms with E-state index >= 15 is 0 Å². The van der Waals surface area contributed by atoms with Crippen molar-refractivity contribution >= 4 is 5.91 Å². The minimum absolute atomic E-state index is 0.154. The molecule has 164 valence electrons. The lowest BCUT2D eigenvalue weighted by Crippen LogP contribution is -2.39. The molecule has 2 aromatic rings. The number of carbonyl (C=O) groups excluding carboxylic acids is 1. The quantitative estimate of drug-likeness (QED) is 0.820. The molecule has 0 bridgehead atoms. The highest BCUT2D eigenvalue weighted by atomic mass is 19.1. The van der Waals surface area contributed by atoms with E-state index in [0.717, 1.165) is 56.7 Å². The van der Waals surface area contributed by atoms with E-state index in [0.29, 0.717) is 18.0 Å². The van der Waals surface area contributed by atoms with E-state index in [1.165, 1.54) is 12.5 Å². The number of rotatable bonds is 4. The van der Waals surface area contributed by atoms with Crippen LogP contribution in [0.4, 0.5) is 4.39 Å². The summed E-state index contributed by atoms with van der Waals surface area (Å²) in [5, 5.41) is 3.03. The number of hydrogen-bond acceptors (Lipinski definition) is 4. The Morgan fingerprint density at radius 2 is 2.00 bits per heavy atom. The van der Waals surface area contributed by atoms with Gasteiger partial charge in [-0.25, -0.2) is 4.39 Å². The lowest BCUT2D eigenvalue weighted by molar-refractivity contribution is 0.0925. The zero-order valence-electron chi connectivity index (χ0n) is 17.9. The molecule has 2 atom stereocenters. The first-order valence-electron chi connectivity index (χ1n) is 11.4. The first kappa shape index (κ1) is 20.4. The number of nitrogens with zero attached hydrogens (tertiary/aromatic N) is 3. The molecule has 7 heteroatoms. The number of halogens is 1. The fourth-order valence-electron chi connectivity index (χ4n) is 5.50. The van der Waals surface area contributed by atoms with Crippen LogP contribution >= 0.6 is 0 Å². The average Bonchev–Trinajstić information content (AvgIpc) is 3.29. The highest BCUT2D eigenvalue weighted by Gasteiger charge is 2.41.